The fourth-order valence-electron chi connectivity index (χ4n) is 1.70. The summed E-state index contributed by atoms with van der Waals surface area (Å²) in [5.41, 5.74) is 0. The Morgan fingerprint density at radius 1 is 1.40 bits per heavy atom. The summed E-state index contributed by atoms with van der Waals surface area (Å²) in [6, 6.07) is 0. The van der Waals surface area contributed by atoms with Gasteiger partial charge in [-0.05, 0) is 0 Å². The van der Waals surface area contributed by atoms with E-state index < -0.39 is 0 Å². The van der Waals surface area contributed by atoms with E-state index in [9.17, 15) is 0 Å². The molecule has 0 amide bonds. The highest BCUT2D eigenvalue weighted by molar-refractivity contribution is 5.42. The molecule has 2 heterocycles. The molecule has 0 radical (unpaired) electrons. The van der Waals surface area contributed by atoms with Crippen molar-refractivity contribution in [3.63, 3.8) is 0 Å². The highest BCUT2D eigenvalue weighted by Gasteiger charge is 2.22. The molecule has 0 atom stereocenters. The summed E-state index contributed by atoms with van der Waals surface area (Å²) in [4.78, 5) is 4.02. The number of hydrogen-bond acceptors (Lipinski definition) is 1. The lowest BCUT2D eigenvalue weighted by Crippen LogP contribution is -2.30. The van der Waals surface area contributed by atoms with E-state index in [0.29, 0.717) is 0 Å². The second-order valence-corrected chi connectivity index (χ2v) is 4.43. The second kappa shape index (κ2) is 3.98. The highest BCUT2D eigenvalue weighted by Crippen LogP contribution is 2.03. The van der Waals surface area contributed by atoms with Crippen molar-refractivity contribution in [3.05, 3.63) is 31.1 Å². The smallest absolute Gasteiger partial charge is 0.336 e. The molecule has 0 saturated heterocycles. The second-order valence-electron chi connectivity index (χ2n) is 4.43. The Balaban J connectivity index is 1.78. The van der Waals surface area contributed by atoms with E-state index in [4.69, 9.17) is 0 Å². The van der Waals surface area contributed by atoms with Crippen LogP contribution in [0.15, 0.2) is 31.1 Å². The lowest BCUT2D eigenvalue weighted by molar-refractivity contribution is -0.745. The van der Waals surface area contributed by atoms with E-state index in [2.05, 4.69) is 47.0 Å². The van der Waals surface area contributed by atoms with Gasteiger partial charge in [0.15, 0.2) is 12.7 Å². The van der Waals surface area contributed by atoms with Crippen LogP contribution in [0.25, 0.3) is 0 Å². The van der Waals surface area contributed by atoms with Gasteiger partial charge in [0.1, 0.15) is 0 Å². The Kier molecular flexibility index (Phi) is 2.68. The molecule has 0 aromatic carbocycles. The van der Waals surface area contributed by atoms with Gasteiger partial charge in [-0.1, -0.05) is 0 Å². The predicted molar refractivity (Wildman–Crippen MR) is 59.3 cm³/mol. The first kappa shape index (κ1) is 10.1. The van der Waals surface area contributed by atoms with Gasteiger partial charge in [-0.2, -0.15) is 4.58 Å². The van der Waals surface area contributed by atoms with Crippen LogP contribution in [0.5, 0.6) is 0 Å². The Hall–Kier alpha value is -1.42. The molecule has 15 heavy (non-hydrogen) atoms. The summed E-state index contributed by atoms with van der Waals surface area (Å²) >= 11 is 0. The molecule has 1 aromatic rings. The average molecular weight is 206 g/mol. The van der Waals surface area contributed by atoms with Crippen molar-refractivity contribution in [2.24, 2.45) is 0 Å². The van der Waals surface area contributed by atoms with Crippen LogP contribution in [-0.4, -0.2) is 45.6 Å². The Morgan fingerprint density at radius 3 is 2.87 bits per heavy atom. The zero-order chi connectivity index (χ0) is 10.7. The molecule has 1 aromatic heterocycles. The van der Waals surface area contributed by atoms with Crippen LogP contribution in [-0.2, 0) is 6.54 Å². The number of imidazole rings is 1. The summed E-state index contributed by atoms with van der Waals surface area (Å²) in [5.74, 6) is 0. The monoisotopic (exact) mass is 206 g/mol. The number of aryl methyl sites for hydroxylation is 1. The maximum atomic E-state index is 4.02. The standard InChI is InChI=1S/C11H18N4/c1-15(2)9-8-14(11-15)6-3-5-13-7-4-12-10-13/h4,7-11H,3,5-6H2,1-2H3/q+2. The molecule has 0 saturated carbocycles. The summed E-state index contributed by atoms with van der Waals surface area (Å²) in [6.45, 7) is 2.10. The zero-order valence-electron chi connectivity index (χ0n) is 9.37. The first-order valence-electron chi connectivity index (χ1n) is 5.26. The van der Waals surface area contributed by atoms with Crippen molar-refractivity contribution in [2.75, 3.05) is 20.6 Å². The minimum Gasteiger partial charge on any atom is -0.337 e. The maximum Gasteiger partial charge on any atom is 0.336 e. The van der Waals surface area contributed by atoms with E-state index in [0.717, 1.165) is 24.0 Å². The van der Waals surface area contributed by atoms with Crippen LogP contribution in [0.2, 0.25) is 0 Å². The first-order chi connectivity index (χ1) is 7.16. The molecule has 2 rings (SSSR count). The van der Waals surface area contributed by atoms with Gasteiger partial charge in [-0.25, -0.2) is 9.47 Å². The molecule has 0 aliphatic carbocycles. The summed E-state index contributed by atoms with van der Waals surface area (Å²) in [5, 5.41) is 0. The van der Waals surface area contributed by atoms with Crippen LogP contribution in [0.4, 0.5) is 0 Å². The fourth-order valence-corrected chi connectivity index (χ4v) is 1.70. The van der Waals surface area contributed by atoms with E-state index >= 15 is 0 Å². The lowest BCUT2D eigenvalue weighted by atomic mass is 10.4. The van der Waals surface area contributed by atoms with E-state index in [-0.39, 0.29) is 0 Å². The van der Waals surface area contributed by atoms with Crippen LogP contribution in [0, 0.1) is 0 Å². The topological polar surface area (TPSA) is 20.8 Å². The molecular formula is C11H18N4+2. The van der Waals surface area contributed by atoms with Crippen molar-refractivity contribution < 1.29 is 9.06 Å². The van der Waals surface area contributed by atoms with Crippen LogP contribution >= 0.6 is 0 Å². The van der Waals surface area contributed by atoms with Gasteiger partial charge in [0.25, 0.3) is 0 Å². The van der Waals surface area contributed by atoms with E-state index in [1.165, 1.54) is 0 Å². The van der Waals surface area contributed by atoms with Crippen molar-refractivity contribution in [2.45, 2.75) is 13.0 Å². The highest BCUT2D eigenvalue weighted by atomic mass is 15.4. The van der Waals surface area contributed by atoms with Gasteiger partial charge in [0, 0.05) is 25.4 Å². The van der Waals surface area contributed by atoms with Crippen molar-refractivity contribution >= 4 is 6.34 Å². The molecule has 0 bridgehead atoms. The molecule has 0 N–H and O–H groups in total. The molecule has 4 nitrogen and oxygen atoms in total. The number of rotatable bonds is 4. The van der Waals surface area contributed by atoms with Gasteiger partial charge in [0.2, 0.25) is 6.20 Å². The fraction of sp³-hybridized carbons (Fsp3) is 0.455. The van der Waals surface area contributed by atoms with Gasteiger partial charge in [0.05, 0.1) is 20.4 Å². The maximum absolute atomic E-state index is 4.02. The van der Waals surface area contributed by atoms with Crippen molar-refractivity contribution in [1.29, 1.82) is 0 Å². The SMILES string of the molecule is C[N+]1(C)C=C[N+](CCCn2ccnc2)=C1. The summed E-state index contributed by atoms with van der Waals surface area (Å²) in [6.07, 6.45) is 13.4. The molecule has 1 aliphatic rings. The summed E-state index contributed by atoms with van der Waals surface area (Å²) < 4.78 is 5.20. The molecule has 0 unspecified atom stereocenters. The number of nitrogens with zero attached hydrogens (tertiary/aromatic N) is 4. The van der Waals surface area contributed by atoms with Crippen molar-refractivity contribution in [3.8, 4) is 0 Å². The third-order valence-electron chi connectivity index (χ3n) is 2.48. The molecule has 1 aliphatic heterocycles. The van der Waals surface area contributed by atoms with Crippen molar-refractivity contribution in [1.82, 2.24) is 9.55 Å². The van der Waals surface area contributed by atoms with Gasteiger partial charge >= 0.3 is 6.34 Å². The number of quaternary nitrogens is 1. The molecule has 4 heteroatoms. The first-order valence-corrected chi connectivity index (χ1v) is 5.26. The third kappa shape index (κ3) is 2.76. The minimum absolute atomic E-state index is 0.838. The van der Waals surface area contributed by atoms with Gasteiger partial charge in [-0.3, -0.25) is 0 Å². The van der Waals surface area contributed by atoms with Crippen LogP contribution in [0.3, 0.4) is 0 Å². The zero-order valence-corrected chi connectivity index (χ0v) is 9.37. The molecular weight excluding hydrogens is 188 g/mol. The Morgan fingerprint density at radius 2 is 2.27 bits per heavy atom. The largest absolute Gasteiger partial charge is 0.337 e. The Labute approximate surface area is 90.4 Å². The number of aromatic nitrogens is 2. The van der Waals surface area contributed by atoms with Gasteiger partial charge in [-0.15, -0.1) is 0 Å². The normalized spacial score (nSPS) is 18.1. The van der Waals surface area contributed by atoms with Gasteiger partial charge < -0.3 is 4.57 Å². The lowest BCUT2D eigenvalue weighted by Gasteiger charge is -2.08. The average Bonchev–Trinajstić information content (AvgIpc) is 2.76. The minimum atomic E-state index is 0.838. The van der Waals surface area contributed by atoms with E-state index in [1.807, 2.05) is 18.7 Å². The van der Waals surface area contributed by atoms with Crippen LogP contribution in [0.1, 0.15) is 6.42 Å². The third-order valence-corrected chi connectivity index (χ3v) is 2.48. The Bertz CT molecular complexity index is 373. The van der Waals surface area contributed by atoms with Crippen LogP contribution < -0.4 is 0 Å². The molecule has 80 valence electrons. The number of hydrogen-bond donors (Lipinski definition) is 0. The predicted octanol–water partition coefficient (Wildman–Crippen LogP) is 0.875. The summed E-state index contributed by atoms with van der Waals surface area (Å²) in [7, 11) is 4.32. The molecule has 0 spiro atoms. The quantitative estimate of drug-likeness (QED) is 0.529. The molecule has 0 fully saturated rings. The van der Waals surface area contributed by atoms with E-state index in [1.54, 1.807) is 0 Å².